The maximum Gasteiger partial charge on any atom is 0.0190 e. The second kappa shape index (κ2) is 4.41. The highest BCUT2D eigenvalue weighted by Gasteiger charge is 2.10. The minimum Gasteiger partial charge on any atom is -0.326 e. The van der Waals surface area contributed by atoms with E-state index < -0.39 is 0 Å². The average Bonchev–Trinajstić information content (AvgIpc) is 2.44. The number of rotatable bonds is 2. The molecule has 3 rings (SSSR count). The maximum absolute atomic E-state index is 5.94. The fourth-order valence-electron chi connectivity index (χ4n) is 2.75. The second-order valence-corrected chi connectivity index (χ2v) is 4.46. The molecule has 3 aromatic carbocycles. The Morgan fingerprint density at radius 2 is 0.833 bits per heavy atom. The molecule has 0 heterocycles. The van der Waals surface area contributed by atoms with Crippen molar-refractivity contribution in [3.05, 3.63) is 59.7 Å². The molecule has 0 aromatic heterocycles. The van der Waals surface area contributed by atoms with Crippen LogP contribution in [0.5, 0.6) is 0 Å². The first-order valence-electron chi connectivity index (χ1n) is 6.18. The van der Waals surface area contributed by atoms with Crippen LogP contribution in [0.4, 0.5) is 0 Å². The lowest BCUT2D eigenvalue weighted by Crippen LogP contribution is -2.04. The van der Waals surface area contributed by atoms with Gasteiger partial charge in [-0.2, -0.15) is 0 Å². The SMILES string of the molecule is NCc1c2ccccc2c(CN)c2ccccc12. The molecule has 3 aromatic rings. The van der Waals surface area contributed by atoms with Crippen molar-refractivity contribution in [1.82, 2.24) is 0 Å². The van der Waals surface area contributed by atoms with E-state index in [4.69, 9.17) is 11.5 Å². The summed E-state index contributed by atoms with van der Waals surface area (Å²) in [6.45, 7) is 1.09. The molecule has 0 saturated heterocycles. The Morgan fingerprint density at radius 1 is 0.556 bits per heavy atom. The fraction of sp³-hybridized carbons (Fsp3) is 0.125. The van der Waals surface area contributed by atoms with E-state index in [0.29, 0.717) is 13.1 Å². The van der Waals surface area contributed by atoms with Gasteiger partial charge in [0, 0.05) is 13.1 Å². The van der Waals surface area contributed by atoms with E-state index in [9.17, 15) is 0 Å². The lowest BCUT2D eigenvalue weighted by Gasteiger charge is -2.14. The van der Waals surface area contributed by atoms with E-state index in [1.165, 1.54) is 32.7 Å². The maximum atomic E-state index is 5.94. The van der Waals surface area contributed by atoms with Crippen LogP contribution in [0.25, 0.3) is 21.5 Å². The smallest absolute Gasteiger partial charge is 0.0190 e. The summed E-state index contributed by atoms with van der Waals surface area (Å²) in [4.78, 5) is 0. The third-order valence-electron chi connectivity index (χ3n) is 3.56. The molecule has 0 amide bonds. The van der Waals surface area contributed by atoms with E-state index in [0.717, 1.165) is 0 Å². The van der Waals surface area contributed by atoms with Crippen molar-refractivity contribution in [3.63, 3.8) is 0 Å². The molecular formula is C16H16N2. The van der Waals surface area contributed by atoms with Gasteiger partial charge in [-0.3, -0.25) is 0 Å². The minimum atomic E-state index is 0.547. The van der Waals surface area contributed by atoms with Gasteiger partial charge in [-0.15, -0.1) is 0 Å². The third kappa shape index (κ3) is 1.50. The Hall–Kier alpha value is -1.90. The molecular weight excluding hydrogens is 220 g/mol. The van der Waals surface area contributed by atoms with Gasteiger partial charge in [-0.25, -0.2) is 0 Å². The normalized spacial score (nSPS) is 11.2. The number of fused-ring (bicyclic) bond motifs is 2. The lowest BCUT2D eigenvalue weighted by molar-refractivity contribution is 1.08. The Bertz CT molecular complexity index is 598. The van der Waals surface area contributed by atoms with Gasteiger partial charge in [0.05, 0.1) is 0 Å². The van der Waals surface area contributed by atoms with Gasteiger partial charge >= 0.3 is 0 Å². The van der Waals surface area contributed by atoms with Crippen LogP contribution in [0.2, 0.25) is 0 Å². The summed E-state index contributed by atoms with van der Waals surface area (Å²) >= 11 is 0. The first-order valence-corrected chi connectivity index (χ1v) is 6.18. The summed E-state index contributed by atoms with van der Waals surface area (Å²) in [5, 5.41) is 4.89. The van der Waals surface area contributed by atoms with Crippen LogP contribution in [0.1, 0.15) is 11.1 Å². The van der Waals surface area contributed by atoms with Gasteiger partial charge in [0.25, 0.3) is 0 Å². The Morgan fingerprint density at radius 3 is 1.06 bits per heavy atom. The van der Waals surface area contributed by atoms with Crippen LogP contribution in [0.3, 0.4) is 0 Å². The molecule has 0 aliphatic rings. The first kappa shape index (κ1) is 11.2. The number of hydrogen-bond donors (Lipinski definition) is 2. The molecule has 4 N–H and O–H groups in total. The summed E-state index contributed by atoms with van der Waals surface area (Å²) in [6, 6.07) is 16.7. The van der Waals surface area contributed by atoms with Crippen molar-refractivity contribution in [2.24, 2.45) is 11.5 Å². The molecule has 2 nitrogen and oxygen atoms in total. The lowest BCUT2D eigenvalue weighted by atomic mass is 9.92. The van der Waals surface area contributed by atoms with E-state index in [2.05, 4.69) is 48.5 Å². The summed E-state index contributed by atoms with van der Waals surface area (Å²) < 4.78 is 0. The van der Waals surface area contributed by atoms with Crippen LogP contribution in [-0.2, 0) is 13.1 Å². The quantitative estimate of drug-likeness (QED) is 0.672. The highest BCUT2D eigenvalue weighted by atomic mass is 14.5. The van der Waals surface area contributed by atoms with Crippen molar-refractivity contribution in [1.29, 1.82) is 0 Å². The zero-order valence-corrected chi connectivity index (χ0v) is 10.2. The van der Waals surface area contributed by atoms with Gasteiger partial charge in [-0.1, -0.05) is 48.5 Å². The summed E-state index contributed by atoms with van der Waals surface area (Å²) in [5.41, 5.74) is 14.3. The van der Waals surface area contributed by atoms with Crippen molar-refractivity contribution in [3.8, 4) is 0 Å². The highest BCUT2D eigenvalue weighted by Crippen LogP contribution is 2.32. The van der Waals surface area contributed by atoms with Crippen LogP contribution < -0.4 is 11.5 Å². The molecule has 0 spiro atoms. The van der Waals surface area contributed by atoms with Crippen LogP contribution in [0.15, 0.2) is 48.5 Å². The number of benzene rings is 3. The summed E-state index contributed by atoms with van der Waals surface area (Å²) in [7, 11) is 0. The first-order chi connectivity index (χ1) is 8.86. The average molecular weight is 236 g/mol. The Labute approximate surface area is 106 Å². The number of hydrogen-bond acceptors (Lipinski definition) is 2. The molecule has 0 atom stereocenters. The van der Waals surface area contributed by atoms with E-state index in [1.54, 1.807) is 0 Å². The van der Waals surface area contributed by atoms with Crippen molar-refractivity contribution >= 4 is 21.5 Å². The largest absolute Gasteiger partial charge is 0.326 e. The third-order valence-corrected chi connectivity index (χ3v) is 3.56. The van der Waals surface area contributed by atoms with Gasteiger partial charge in [0.2, 0.25) is 0 Å². The molecule has 0 aliphatic carbocycles. The zero-order valence-electron chi connectivity index (χ0n) is 10.2. The zero-order chi connectivity index (χ0) is 12.5. The standard InChI is InChI=1S/C16H16N2/c17-9-15-11-5-1-2-6-12(11)16(10-18)14-8-4-3-7-13(14)15/h1-8H,9-10,17-18H2. The molecule has 0 saturated carbocycles. The van der Waals surface area contributed by atoms with Crippen molar-refractivity contribution in [2.45, 2.75) is 13.1 Å². The highest BCUT2D eigenvalue weighted by molar-refractivity contribution is 6.05. The van der Waals surface area contributed by atoms with Crippen molar-refractivity contribution in [2.75, 3.05) is 0 Å². The Kier molecular flexibility index (Phi) is 2.74. The minimum absolute atomic E-state index is 0.547. The molecule has 0 bridgehead atoms. The van der Waals surface area contributed by atoms with Crippen LogP contribution >= 0.6 is 0 Å². The molecule has 0 aliphatic heterocycles. The monoisotopic (exact) mass is 236 g/mol. The van der Waals surface area contributed by atoms with E-state index in [1.807, 2.05) is 0 Å². The van der Waals surface area contributed by atoms with Crippen molar-refractivity contribution < 1.29 is 0 Å². The van der Waals surface area contributed by atoms with Crippen LogP contribution in [-0.4, -0.2) is 0 Å². The molecule has 0 fully saturated rings. The topological polar surface area (TPSA) is 52.0 Å². The molecule has 0 unspecified atom stereocenters. The predicted molar refractivity (Wildman–Crippen MR) is 77.2 cm³/mol. The molecule has 18 heavy (non-hydrogen) atoms. The van der Waals surface area contributed by atoms with E-state index in [-0.39, 0.29) is 0 Å². The van der Waals surface area contributed by atoms with Gasteiger partial charge < -0.3 is 11.5 Å². The van der Waals surface area contributed by atoms with Gasteiger partial charge in [0.15, 0.2) is 0 Å². The fourth-order valence-corrected chi connectivity index (χ4v) is 2.75. The van der Waals surface area contributed by atoms with Crippen LogP contribution in [0, 0.1) is 0 Å². The van der Waals surface area contributed by atoms with Gasteiger partial charge in [0.1, 0.15) is 0 Å². The summed E-state index contributed by atoms with van der Waals surface area (Å²) in [6.07, 6.45) is 0. The molecule has 2 heteroatoms. The van der Waals surface area contributed by atoms with Gasteiger partial charge in [-0.05, 0) is 32.7 Å². The number of nitrogens with two attached hydrogens (primary N) is 2. The van der Waals surface area contributed by atoms with E-state index >= 15 is 0 Å². The predicted octanol–water partition coefficient (Wildman–Crippen LogP) is 2.91. The molecule has 0 radical (unpaired) electrons. The Balaban J connectivity index is 2.61. The second-order valence-electron chi connectivity index (χ2n) is 4.46. The summed E-state index contributed by atoms with van der Waals surface area (Å²) in [5.74, 6) is 0. The molecule has 90 valence electrons.